The molecule has 0 aliphatic carbocycles. The van der Waals surface area contributed by atoms with Gasteiger partial charge >= 0.3 is 0 Å². The molecule has 2 nitrogen and oxygen atoms in total. The maximum absolute atomic E-state index is 10.3. The lowest BCUT2D eigenvalue weighted by molar-refractivity contribution is 0.202. The van der Waals surface area contributed by atoms with E-state index in [1.54, 1.807) is 13.2 Å². The second kappa shape index (κ2) is 6.71. The molecule has 2 aromatic rings. The fraction of sp³-hybridized carbons (Fsp3) is 0.250. The van der Waals surface area contributed by atoms with Gasteiger partial charge in [0, 0.05) is 17.7 Å². The molecule has 0 aromatic heterocycles. The van der Waals surface area contributed by atoms with Crippen molar-refractivity contribution in [3.8, 4) is 0 Å². The second-order valence-electron chi connectivity index (χ2n) is 4.41. The molecule has 0 saturated carbocycles. The Hall–Kier alpha value is -1.35. The third-order valence-electron chi connectivity index (χ3n) is 3.09. The van der Waals surface area contributed by atoms with Crippen molar-refractivity contribution < 1.29 is 9.84 Å². The SMILES string of the molecule is COCCc1ccc(C(O)c2ccccc2Cl)cc1. The predicted octanol–water partition coefficient (Wildman–Crippen LogP) is 3.61. The maximum atomic E-state index is 10.3. The van der Waals surface area contributed by atoms with Crippen LogP contribution in [0.2, 0.25) is 5.02 Å². The first kappa shape index (κ1) is 14.1. The Morgan fingerprint density at radius 3 is 2.42 bits per heavy atom. The molecule has 0 radical (unpaired) electrons. The van der Waals surface area contributed by atoms with Crippen LogP contribution in [0.1, 0.15) is 22.8 Å². The van der Waals surface area contributed by atoms with E-state index in [0.717, 1.165) is 17.5 Å². The molecule has 0 saturated heterocycles. The van der Waals surface area contributed by atoms with Gasteiger partial charge in [0.1, 0.15) is 6.10 Å². The minimum absolute atomic E-state index is 0.582. The van der Waals surface area contributed by atoms with Crippen LogP contribution >= 0.6 is 11.6 Å². The van der Waals surface area contributed by atoms with Gasteiger partial charge in [0.25, 0.3) is 0 Å². The first-order valence-electron chi connectivity index (χ1n) is 6.22. The molecule has 100 valence electrons. The van der Waals surface area contributed by atoms with Crippen molar-refractivity contribution in [2.75, 3.05) is 13.7 Å². The van der Waals surface area contributed by atoms with Crippen LogP contribution in [0, 0.1) is 0 Å². The number of hydrogen-bond acceptors (Lipinski definition) is 2. The topological polar surface area (TPSA) is 29.5 Å². The average molecular weight is 277 g/mol. The van der Waals surface area contributed by atoms with Crippen LogP contribution in [0.15, 0.2) is 48.5 Å². The molecule has 0 spiro atoms. The number of benzene rings is 2. The van der Waals surface area contributed by atoms with E-state index >= 15 is 0 Å². The quantitative estimate of drug-likeness (QED) is 0.904. The van der Waals surface area contributed by atoms with Crippen LogP contribution in [0.25, 0.3) is 0 Å². The minimum atomic E-state index is -0.690. The molecular weight excluding hydrogens is 260 g/mol. The van der Waals surface area contributed by atoms with Crippen LogP contribution in [-0.4, -0.2) is 18.8 Å². The molecule has 0 amide bonds. The zero-order valence-electron chi connectivity index (χ0n) is 10.8. The second-order valence-corrected chi connectivity index (χ2v) is 4.82. The zero-order chi connectivity index (χ0) is 13.7. The van der Waals surface area contributed by atoms with Gasteiger partial charge in [0.15, 0.2) is 0 Å². The van der Waals surface area contributed by atoms with E-state index in [4.69, 9.17) is 16.3 Å². The van der Waals surface area contributed by atoms with E-state index < -0.39 is 6.10 Å². The molecule has 1 unspecified atom stereocenters. The van der Waals surface area contributed by atoms with Gasteiger partial charge in [-0.3, -0.25) is 0 Å². The van der Waals surface area contributed by atoms with E-state index in [1.807, 2.05) is 42.5 Å². The molecule has 0 fully saturated rings. The molecule has 2 rings (SSSR count). The first-order valence-corrected chi connectivity index (χ1v) is 6.60. The average Bonchev–Trinajstić information content (AvgIpc) is 2.45. The molecule has 0 heterocycles. The number of rotatable bonds is 5. The normalized spacial score (nSPS) is 12.4. The fourth-order valence-electron chi connectivity index (χ4n) is 1.96. The largest absolute Gasteiger partial charge is 0.384 e. The van der Waals surface area contributed by atoms with E-state index in [2.05, 4.69) is 0 Å². The summed E-state index contributed by atoms with van der Waals surface area (Å²) >= 11 is 6.09. The van der Waals surface area contributed by atoms with Gasteiger partial charge < -0.3 is 9.84 Å². The van der Waals surface area contributed by atoms with Crippen molar-refractivity contribution in [2.24, 2.45) is 0 Å². The van der Waals surface area contributed by atoms with Crippen LogP contribution in [0.5, 0.6) is 0 Å². The fourth-order valence-corrected chi connectivity index (χ4v) is 2.20. The predicted molar refractivity (Wildman–Crippen MR) is 77.5 cm³/mol. The molecule has 19 heavy (non-hydrogen) atoms. The minimum Gasteiger partial charge on any atom is -0.384 e. The molecule has 0 bridgehead atoms. The number of methoxy groups -OCH3 is 1. The molecule has 1 N–H and O–H groups in total. The lowest BCUT2D eigenvalue weighted by Gasteiger charge is -2.13. The Kier molecular flexibility index (Phi) is 4.97. The van der Waals surface area contributed by atoms with E-state index in [-0.39, 0.29) is 0 Å². The van der Waals surface area contributed by atoms with Gasteiger partial charge in [-0.05, 0) is 23.6 Å². The summed E-state index contributed by atoms with van der Waals surface area (Å²) in [5.41, 5.74) is 2.76. The first-order chi connectivity index (χ1) is 9.22. The van der Waals surface area contributed by atoms with Gasteiger partial charge in [-0.15, -0.1) is 0 Å². The Morgan fingerprint density at radius 2 is 1.79 bits per heavy atom. The van der Waals surface area contributed by atoms with Crippen LogP contribution in [0.3, 0.4) is 0 Å². The third-order valence-corrected chi connectivity index (χ3v) is 3.43. The summed E-state index contributed by atoms with van der Waals surface area (Å²) < 4.78 is 5.04. The Balaban J connectivity index is 2.16. The molecular formula is C16H17ClO2. The lowest BCUT2D eigenvalue weighted by atomic mass is 10.00. The van der Waals surface area contributed by atoms with E-state index in [9.17, 15) is 5.11 Å². The van der Waals surface area contributed by atoms with Gasteiger partial charge in [-0.25, -0.2) is 0 Å². The van der Waals surface area contributed by atoms with Gasteiger partial charge in [-0.1, -0.05) is 54.1 Å². The Labute approximate surface area is 118 Å². The zero-order valence-corrected chi connectivity index (χ0v) is 11.6. The Bertz CT molecular complexity index is 523. The van der Waals surface area contributed by atoms with Crippen molar-refractivity contribution in [1.82, 2.24) is 0 Å². The summed E-state index contributed by atoms with van der Waals surface area (Å²) in [6.07, 6.45) is 0.184. The number of aliphatic hydroxyl groups is 1. The van der Waals surface area contributed by atoms with Crippen molar-refractivity contribution in [3.05, 3.63) is 70.2 Å². The number of ether oxygens (including phenoxy) is 1. The number of hydrogen-bond donors (Lipinski definition) is 1. The van der Waals surface area contributed by atoms with Crippen LogP contribution < -0.4 is 0 Å². The summed E-state index contributed by atoms with van der Waals surface area (Å²) in [5.74, 6) is 0. The van der Waals surface area contributed by atoms with Crippen molar-refractivity contribution >= 4 is 11.6 Å². The van der Waals surface area contributed by atoms with Gasteiger partial charge in [-0.2, -0.15) is 0 Å². The maximum Gasteiger partial charge on any atom is 0.105 e. The van der Waals surface area contributed by atoms with Crippen molar-refractivity contribution in [3.63, 3.8) is 0 Å². The summed E-state index contributed by atoms with van der Waals surface area (Å²) in [4.78, 5) is 0. The van der Waals surface area contributed by atoms with Crippen molar-refractivity contribution in [1.29, 1.82) is 0 Å². The smallest absolute Gasteiger partial charge is 0.105 e. The highest BCUT2D eigenvalue weighted by Gasteiger charge is 2.13. The number of halogens is 1. The van der Waals surface area contributed by atoms with Crippen molar-refractivity contribution in [2.45, 2.75) is 12.5 Å². The molecule has 0 aliphatic heterocycles. The summed E-state index contributed by atoms with van der Waals surface area (Å²) in [6, 6.07) is 15.2. The standard InChI is InChI=1S/C16H17ClO2/c1-19-11-10-12-6-8-13(9-7-12)16(18)14-4-2-3-5-15(14)17/h2-9,16,18H,10-11H2,1H3. The summed E-state index contributed by atoms with van der Waals surface area (Å²) in [6.45, 7) is 0.701. The van der Waals surface area contributed by atoms with Crippen LogP contribution in [0.4, 0.5) is 0 Å². The summed E-state index contributed by atoms with van der Waals surface area (Å²) in [7, 11) is 1.69. The molecule has 3 heteroatoms. The highest BCUT2D eigenvalue weighted by molar-refractivity contribution is 6.31. The molecule has 2 aromatic carbocycles. The lowest BCUT2D eigenvalue weighted by Crippen LogP contribution is -2.01. The van der Waals surface area contributed by atoms with Crippen LogP contribution in [-0.2, 0) is 11.2 Å². The molecule has 1 atom stereocenters. The third kappa shape index (κ3) is 3.57. The molecule has 0 aliphatic rings. The van der Waals surface area contributed by atoms with Gasteiger partial charge in [0.2, 0.25) is 0 Å². The Morgan fingerprint density at radius 1 is 1.11 bits per heavy atom. The van der Waals surface area contributed by atoms with Gasteiger partial charge in [0.05, 0.1) is 6.61 Å². The summed E-state index contributed by atoms with van der Waals surface area (Å²) in [5, 5.41) is 10.9. The number of aliphatic hydroxyl groups excluding tert-OH is 1. The highest BCUT2D eigenvalue weighted by atomic mass is 35.5. The highest BCUT2D eigenvalue weighted by Crippen LogP contribution is 2.28. The monoisotopic (exact) mass is 276 g/mol. The van der Waals surface area contributed by atoms with E-state index in [0.29, 0.717) is 11.6 Å². The van der Waals surface area contributed by atoms with E-state index in [1.165, 1.54) is 5.56 Å².